The number of halogens is 1. The van der Waals surface area contributed by atoms with Gasteiger partial charge in [-0.3, -0.25) is 4.79 Å². The van der Waals surface area contributed by atoms with Crippen LogP contribution in [0.25, 0.3) is 10.2 Å². The Morgan fingerprint density at radius 3 is 2.62 bits per heavy atom. The van der Waals surface area contributed by atoms with Gasteiger partial charge in [0, 0.05) is 17.3 Å². The highest BCUT2D eigenvalue weighted by atomic mass is 35.5. The van der Waals surface area contributed by atoms with Gasteiger partial charge in [0.15, 0.2) is 0 Å². The zero-order valence-electron chi connectivity index (χ0n) is 16.7. The Hall–Kier alpha value is -2.11. The lowest BCUT2D eigenvalue weighted by atomic mass is 10.0. The number of thiophene rings is 1. The summed E-state index contributed by atoms with van der Waals surface area (Å²) < 4.78 is 5.23. The third-order valence-electron chi connectivity index (χ3n) is 6.06. The van der Waals surface area contributed by atoms with Crippen molar-refractivity contribution < 1.29 is 9.53 Å². The summed E-state index contributed by atoms with van der Waals surface area (Å²) in [4.78, 5) is 19.6. The third kappa shape index (κ3) is 3.30. The van der Waals surface area contributed by atoms with Gasteiger partial charge in [-0.15, -0.1) is 11.3 Å². The van der Waals surface area contributed by atoms with Crippen LogP contribution in [0.3, 0.4) is 0 Å². The lowest BCUT2D eigenvalue weighted by Gasteiger charge is -2.08. The van der Waals surface area contributed by atoms with E-state index in [0.717, 1.165) is 56.9 Å². The third-order valence-corrected chi connectivity index (χ3v) is 7.72. The van der Waals surface area contributed by atoms with Crippen LogP contribution in [0.5, 0.6) is 5.75 Å². The molecule has 3 aromatic rings. The summed E-state index contributed by atoms with van der Waals surface area (Å²) >= 11 is 7.99. The van der Waals surface area contributed by atoms with Gasteiger partial charge < -0.3 is 10.1 Å². The molecule has 2 aliphatic rings. The smallest absolute Gasteiger partial charge is 0.261 e. The molecule has 2 aromatic heterocycles. The van der Waals surface area contributed by atoms with E-state index in [9.17, 15) is 4.79 Å². The lowest BCUT2D eigenvalue weighted by Crippen LogP contribution is -2.26. The molecule has 0 spiro atoms. The minimum Gasteiger partial charge on any atom is -0.497 e. The number of fused-ring (bicyclic) bond motifs is 1. The van der Waals surface area contributed by atoms with Gasteiger partial charge in [-0.25, -0.2) is 4.98 Å². The van der Waals surface area contributed by atoms with Crippen molar-refractivity contribution in [2.24, 2.45) is 0 Å². The van der Waals surface area contributed by atoms with Crippen LogP contribution in [0, 0.1) is 13.8 Å². The highest BCUT2D eigenvalue weighted by Crippen LogP contribution is 2.50. The fourth-order valence-electron chi connectivity index (χ4n) is 4.19. The quantitative estimate of drug-likeness (QED) is 0.566. The minimum atomic E-state index is 0.0316. The highest BCUT2D eigenvalue weighted by Gasteiger charge is 2.41. The Labute approximate surface area is 179 Å². The summed E-state index contributed by atoms with van der Waals surface area (Å²) in [5, 5.41) is 5.07. The summed E-state index contributed by atoms with van der Waals surface area (Å²) in [6, 6.07) is 8.31. The van der Waals surface area contributed by atoms with Gasteiger partial charge in [-0.1, -0.05) is 23.7 Å². The number of aromatic nitrogens is 1. The van der Waals surface area contributed by atoms with Crippen LogP contribution >= 0.6 is 22.9 Å². The van der Waals surface area contributed by atoms with Crippen LogP contribution in [0.1, 0.15) is 63.2 Å². The molecule has 0 radical (unpaired) electrons. The van der Waals surface area contributed by atoms with E-state index in [1.807, 2.05) is 26.0 Å². The van der Waals surface area contributed by atoms with Crippen LogP contribution in [0.15, 0.2) is 24.3 Å². The maximum atomic E-state index is 13.2. The van der Waals surface area contributed by atoms with Crippen LogP contribution < -0.4 is 10.1 Å². The first kappa shape index (κ1) is 18.9. The number of pyridine rings is 1. The first-order chi connectivity index (χ1) is 14.0. The molecule has 5 rings (SSSR count). The average molecular weight is 427 g/mol. The molecule has 2 atom stereocenters. The van der Waals surface area contributed by atoms with Crippen molar-refractivity contribution in [3.05, 3.63) is 56.5 Å². The van der Waals surface area contributed by atoms with Crippen molar-refractivity contribution in [1.29, 1.82) is 0 Å². The maximum absolute atomic E-state index is 13.2. The molecule has 2 fully saturated rings. The van der Waals surface area contributed by atoms with Crippen molar-refractivity contribution in [2.75, 3.05) is 7.11 Å². The van der Waals surface area contributed by atoms with Gasteiger partial charge in [-0.2, -0.15) is 0 Å². The van der Waals surface area contributed by atoms with E-state index >= 15 is 0 Å². The molecule has 0 saturated heterocycles. The number of nitrogens with one attached hydrogen (secondary N) is 1. The Balaban J connectivity index is 1.41. The minimum absolute atomic E-state index is 0.0316. The number of aryl methyl sites for hydroxylation is 2. The normalized spacial score (nSPS) is 20.7. The van der Waals surface area contributed by atoms with Crippen molar-refractivity contribution >= 4 is 39.1 Å². The molecule has 29 heavy (non-hydrogen) atoms. The summed E-state index contributed by atoms with van der Waals surface area (Å²) in [6.07, 6.45) is 3.24. The van der Waals surface area contributed by atoms with Crippen LogP contribution in [-0.2, 0) is 0 Å². The van der Waals surface area contributed by atoms with Crippen molar-refractivity contribution in [1.82, 2.24) is 10.3 Å². The van der Waals surface area contributed by atoms with Crippen molar-refractivity contribution in [3.8, 4) is 5.75 Å². The van der Waals surface area contributed by atoms with Gasteiger partial charge >= 0.3 is 0 Å². The number of amides is 1. The number of nitrogens with zero attached hydrogens (tertiary/aromatic N) is 1. The zero-order chi connectivity index (χ0) is 20.3. The summed E-state index contributed by atoms with van der Waals surface area (Å²) in [7, 11) is 1.67. The molecular weight excluding hydrogens is 404 g/mol. The molecule has 2 saturated carbocycles. The van der Waals surface area contributed by atoms with Crippen LogP contribution in [0.2, 0.25) is 5.02 Å². The maximum Gasteiger partial charge on any atom is 0.261 e. The molecule has 4 nitrogen and oxygen atoms in total. The molecule has 150 valence electrons. The molecule has 1 amide bonds. The Bertz CT molecular complexity index is 1120. The van der Waals surface area contributed by atoms with Gasteiger partial charge in [0.1, 0.15) is 10.6 Å². The Morgan fingerprint density at radius 1 is 1.24 bits per heavy atom. The van der Waals surface area contributed by atoms with E-state index in [1.165, 1.54) is 16.9 Å². The topological polar surface area (TPSA) is 51.2 Å². The number of carbonyl (C=O) groups excluding carboxylic acids is 1. The SMILES string of the molecule is COc1ccc(C2CC2NC(=O)c2sc3nc(C)c(Cl)c(C)c3c2C2CC2)cc1. The highest BCUT2D eigenvalue weighted by molar-refractivity contribution is 7.20. The molecular formula is C23H23ClN2O2S. The van der Waals surface area contributed by atoms with E-state index < -0.39 is 0 Å². The summed E-state index contributed by atoms with van der Waals surface area (Å²) in [5.74, 6) is 1.72. The van der Waals surface area contributed by atoms with Gasteiger partial charge in [0.2, 0.25) is 0 Å². The number of ether oxygens (including phenoxy) is 1. The number of hydrogen-bond donors (Lipinski definition) is 1. The zero-order valence-corrected chi connectivity index (χ0v) is 18.3. The Kier molecular flexibility index (Phi) is 4.56. The summed E-state index contributed by atoms with van der Waals surface area (Å²) in [6.45, 7) is 3.97. The predicted octanol–water partition coefficient (Wildman–Crippen LogP) is 5.74. The molecule has 2 unspecified atom stereocenters. The van der Waals surface area contributed by atoms with E-state index in [1.54, 1.807) is 7.11 Å². The van der Waals surface area contributed by atoms with E-state index in [4.69, 9.17) is 16.3 Å². The number of carbonyl (C=O) groups is 1. The van der Waals surface area contributed by atoms with Crippen LogP contribution in [0.4, 0.5) is 0 Å². The molecule has 2 aliphatic carbocycles. The van der Waals surface area contributed by atoms with Gasteiger partial charge in [0.25, 0.3) is 5.91 Å². The van der Waals surface area contributed by atoms with Gasteiger partial charge in [0.05, 0.1) is 22.7 Å². The number of rotatable bonds is 5. The largest absolute Gasteiger partial charge is 0.497 e. The predicted molar refractivity (Wildman–Crippen MR) is 118 cm³/mol. The van der Waals surface area contributed by atoms with E-state index in [-0.39, 0.29) is 11.9 Å². The van der Waals surface area contributed by atoms with Crippen molar-refractivity contribution in [3.63, 3.8) is 0 Å². The van der Waals surface area contributed by atoms with E-state index in [0.29, 0.717) is 16.9 Å². The van der Waals surface area contributed by atoms with Gasteiger partial charge in [-0.05, 0) is 67.9 Å². The first-order valence-electron chi connectivity index (χ1n) is 10.0. The van der Waals surface area contributed by atoms with E-state index in [2.05, 4.69) is 22.4 Å². The number of benzene rings is 1. The summed E-state index contributed by atoms with van der Waals surface area (Å²) in [5.41, 5.74) is 4.29. The standard InChI is InChI=1S/C23H23ClN2O2S/c1-11-18-19(14-4-5-14)21(29-23(18)25-12(2)20(11)24)22(27)26-17-10-16(17)13-6-8-15(28-3)9-7-13/h6-9,14,16-17H,4-5,10H2,1-3H3,(H,26,27). The number of hydrogen-bond acceptors (Lipinski definition) is 4. The molecule has 0 bridgehead atoms. The average Bonchev–Trinajstić information content (AvgIpc) is 3.65. The Morgan fingerprint density at radius 2 is 1.97 bits per heavy atom. The molecule has 0 aliphatic heterocycles. The van der Waals surface area contributed by atoms with Crippen molar-refractivity contribution in [2.45, 2.75) is 51.0 Å². The molecule has 2 heterocycles. The first-order valence-corrected chi connectivity index (χ1v) is 11.2. The molecule has 1 aromatic carbocycles. The monoisotopic (exact) mass is 426 g/mol. The lowest BCUT2D eigenvalue weighted by molar-refractivity contribution is 0.0953. The van der Waals surface area contributed by atoms with Crippen LogP contribution in [-0.4, -0.2) is 24.0 Å². The second-order valence-corrected chi connectivity index (χ2v) is 9.51. The second kappa shape index (κ2) is 6.99. The number of methoxy groups -OCH3 is 1. The molecule has 1 N–H and O–H groups in total. The fourth-order valence-corrected chi connectivity index (χ4v) is 5.60. The fraction of sp³-hybridized carbons (Fsp3) is 0.391. The second-order valence-electron chi connectivity index (χ2n) is 8.13. The molecule has 6 heteroatoms.